The Morgan fingerprint density at radius 2 is 1.90 bits per heavy atom. The van der Waals surface area contributed by atoms with Crippen molar-refractivity contribution in [1.82, 2.24) is 4.98 Å². The van der Waals surface area contributed by atoms with E-state index in [0.29, 0.717) is 6.20 Å². The van der Waals surface area contributed by atoms with Crippen molar-refractivity contribution in [2.24, 2.45) is 5.10 Å². The van der Waals surface area contributed by atoms with Gasteiger partial charge >= 0.3 is 6.18 Å². The molecule has 0 amide bonds. The van der Waals surface area contributed by atoms with Gasteiger partial charge in [0, 0.05) is 10.7 Å². The largest absolute Gasteiger partial charge is 0.417 e. The van der Waals surface area contributed by atoms with E-state index >= 15 is 0 Å². The molecule has 0 aliphatic rings. The number of nitrogens with zero attached hydrogens (tertiary/aromatic N) is 2. The van der Waals surface area contributed by atoms with Gasteiger partial charge in [0.15, 0.2) is 5.82 Å². The Labute approximate surface area is 132 Å². The number of hydrogen-bond acceptors (Lipinski definition) is 3. The summed E-state index contributed by atoms with van der Waals surface area (Å²) in [6.07, 6.45) is -2.28. The first-order valence-electron chi connectivity index (χ1n) is 5.63. The molecule has 1 aromatic heterocycles. The summed E-state index contributed by atoms with van der Waals surface area (Å²) in [4.78, 5) is 3.61. The Bertz CT molecular complexity index is 657. The number of hydrazone groups is 1. The van der Waals surface area contributed by atoms with Gasteiger partial charge < -0.3 is 0 Å². The van der Waals surface area contributed by atoms with E-state index in [-0.39, 0.29) is 10.8 Å². The number of halogens is 5. The lowest BCUT2D eigenvalue weighted by atomic mass is 10.2. The number of benzene rings is 1. The molecule has 2 rings (SSSR count). The molecular formula is C13H8BrClF3N3. The third-order valence-corrected chi connectivity index (χ3v) is 3.24. The zero-order valence-electron chi connectivity index (χ0n) is 10.3. The number of rotatable bonds is 3. The molecule has 0 saturated heterocycles. The number of alkyl halides is 3. The molecular weight excluding hydrogens is 371 g/mol. The highest BCUT2D eigenvalue weighted by Crippen LogP contribution is 2.32. The molecule has 1 aromatic carbocycles. The van der Waals surface area contributed by atoms with Crippen molar-refractivity contribution < 1.29 is 13.2 Å². The third-order valence-electron chi connectivity index (χ3n) is 2.42. The third kappa shape index (κ3) is 4.44. The maximum absolute atomic E-state index is 12.5. The van der Waals surface area contributed by atoms with Gasteiger partial charge in [-0.2, -0.15) is 18.3 Å². The Balaban J connectivity index is 2.08. The predicted octanol–water partition coefficient (Wildman–Crippen LogP) is 4.96. The van der Waals surface area contributed by atoms with Crippen LogP contribution in [0.4, 0.5) is 19.0 Å². The average molecular weight is 379 g/mol. The SMILES string of the molecule is FC(F)(F)c1cnc(NN=Cc2ccc(Br)cc2)c(Cl)c1. The summed E-state index contributed by atoms with van der Waals surface area (Å²) >= 11 is 9.04. The van der Waals surface area contributed by atoms with E-state index in [0.717, 1.165) is 16.1 Å². The maximum Gasteiger partial charge on any atom is 0.417 e. The molecule has 21 heavy (non-hydrogen) atoms. The van der Waals surface area contributed by atoms with Crippen molar-refractivity contribution in [2.75, 3.05) is 5.43 Å². The monoisotopic (exact) mass is 377 g/mol. The highest BCUT2D eigenvalue weighted by Gasteiger charge is 2.31. The normalized spacial score (nSPS) is 11.9. The molecule has 2 aromatic rings. The molecule has 3 nitrogen and oxygen atoms in total. The summed E-state index contributed by atoms with van der Waals surface area (Å²) in [5, 5.41) is 3.72. The summed E-state index contributed by atoms with van der Waals surface area (Å²) in [7, 11) is 0. The minimum absolute atomic E-state index is 0.0537. The van der Waals surface area contributed by atoms with E-state index in [9.17, 15) is 13.2 Å². The molecule has 0 spiro atoms. The molecule has 0 atom stereocenters. The Hall–Kier alpha value is -1.60. The first-order valence-corrected chi connectivity index (χ1v) is 6.81. The van der Waals surface area contributed by atoms with Crippen LogP contribution in [-0.4, -0.2) is 11.2 Å². The first kappa shape index (κ1) is 15.8. The Morgan fingerprint density at radius 1 is 1.24 bits per heavy atom. The van der Waals surface area contributed by atoms with Gasteiger partial charge in [0.25, 0.3) is 0 Å². The van der Waals surface area contributed by atoms with Gasteiger partial charge in [-0.3, -0.25) is 5.43 Å². The van der Waals surface area contributed by atoms with Crippen molar-refractivity contribution in [3.63, 3.8) is 0 Å². The Kier molecular flexibility index (Phi) is 4.84. The number of pyridine rings is 1. The summed E-state index contributed by atoms with van der Waals surface area (Å²) in [6, 6.07) is 8.11. The van der Waals surface area contributed by atoms with Crippen LogP contribution in [0.25, 0.3) is 0 Å². The highest BCUT2D eigenvalue weighted by atomic mass is 79.9. The van der Waals surface area contributed by atoms with Gasteiger partial charge in [0.2, 0.25) is 0 Å². The zero-order chi connectivity index (χ0) is 15.5. The molecule has 8 heteroatoms. The fourth-order valence-electron chi connectivity index (χ4n) is 1.39. The highest BCUT2D eigenvalue weighted by molar-refractivity contribution is 9.10. The van der Waals surface area contributed by atoms with E-state index in [2.05, 4.69) is 31.4 Å². The molecule has 1 N–H and O–H groups in total. The van der Waals surface area contributed by atoms with Crippen LogP contribution < -0.4 is 5.43 Å². The van der Waals surface area contributed by atoms with E-state index < -0.39 is 11.7 Å². The van der Waals surface area contributed by atoms with Gasteiger partial charge in [-0.05, 0) is 23.8 Å². The first-order chi connectivity index (χ1) is 9.86. The van der Waals surface area contributed by atoms with Crippen molar-refractivity contribution in [1.29, 1.82) is 0 Å². The van der Waals surface area contributed by atoms with Crippen LogP contribution in [0.2, 0.25) is 5.02 Å². The van der Waals surface area contributed by atoms with E-state index in [1.807, 2.05) is 24.3 Å². The molecule has 0 saturated carbocycles. The molecule has 0 bridgehead atoms. The fraction of sp³-hybridized carbons (Fsp3) is 0.0769. The quantitative estimate of drug-likeness (QED) is 0.605. The van der Waals surface area contributed by atoms with Crippen LogP contribution in [0, 0.1) is 0 Å². The number of nitrogens with one attached hydrogen (secondary N) is 1. The van der Waals surface area contributed by atoms with Gasteiger partial charge in [0.1, 0.15) is 0 Å². The smallest absolute Gasteiger partial charge is 0.260 e. The molecule has 0 unspecified atom stereocenters. The molecule has 0 aliphatic heterocycles. The molecule has 0 aliphatic carbocycles. The van der Waals surface area contributed by atoms with Crippen molar-refractivity contribution >= 4 is 39.6 Å². The topological polar surface area (TPSA) is 37.3 Å². The predicted molar refractivity (Wildman–Crippen MR) is 79.6 cm³/mol. The number of hydrogen-bond donors (Lipinski definition) is 1. The summed E-state index contributed by atoms with van der Waals surface area (Å²) in [6.45, 7) is 0. The van der Waals surface area contributed by atoms with E-state index in [4.69, 9.17) is 11.6 Å². The summed E-state index contributed by atoms with van der Waals surface area (Å²) < 4.78 is 38.3. The van der Waals surface area contributed by atoms with Crippen LogP contribution in [0.3, 0.4) is 0 Å². The van der Waals surface area contributed by atoms with Gasteiger partial charge in [-0.15, -0.1) is 0 Å². The van der Waals surface area contributed by atoms with Crippen LogP contribution in [-0.2, 0) is 6.18 Å². The maximum atomic E-state index is 12.5. The summed E-state index contributed by atoms with van der Waals surface area (Å²) in [5.41, 5.74) is 2.41. The van der Waals surface area contributed by atoms with Crippen LogP contribution in [0.5, 0.6) is 0 Å². The molecule has 110 valence electrons. The van der Waals surface area contributed by atoms with E-state index in [1.165, 1.54) is 6.21 Å². The molecule has 1 heterocycles. The lowest BCUT2D eigenvalue weighted by Crippen LogP contribution is -2.06. The lowest BCUT2D eigenvalue weighted by Gasteiger charge is -2.08. The van der Waals surface area contributed by atoms with Crippen LogP contribution in [0.15, 0.2) is 46.1 Å². The van der Waals surface area contributed by atoms with Crippen molar-refractivity contribution in [2.45, 2.75) is 6.18 Å². The second kappa shape index (κ2) is 6.44. The van der Waals surface area contributed by atoms with Gasteiger partial charge in [0.05, 0.1) is 16.8 Å². The summed E-state index contributed by atoms with van der Waals surface area (Å²) in [5.74, 6) is 0.0537. The second-order valence-corrected chi connectivity index (χ2v) is 5.30. The second-order valence-electron chi connectivity index (χ2n) is 3.97. The number of aromatic nitrogens is 1. The van der Waals surface area contributed by atoms with Crippen LogP contribution >= 0.6 is 27.5 Å². The minimum Gasteiger partial charge on any atom is -0.260 e. The van der Waals surface area contributed by atoms with Crippen LogP contribution in [0.1, 0.15) is 11.1 Å². The average Bonchev–Trinajstić information content (AvgIpc) is 2.41. The van der Waals surface area contributed by atoms with E-state index in [1.54, 1.807) is 0 Å². The minimum atomic E-state index is -4.48. The lowest BCUT2D eigenvalue weighted by molar-refractivity contribution is -0.137. The standard InChI is InChI=1S/C13H8BrClF3N3/c14-10-3-1-8(2-4-10)6-20-21-12-11(15)5-9(7-19-12)13(16,17)18/h1-7H,(H,19,21). The fourth-order valence-corrected chi connectivity index (χ4v) is 1.86. The van der Waals surface area contributed by atoms with Crippen molar-refractivity contribution in [3.8, 4) is 0 Å². The van der Waals surface area contributed by atoms with Gasteiger partial charge in [-0.25, -0.2) is 4.98 Å². The van der Waals surface area contributed by atoms with Gasteiger partial charge in [-0.1, -0.05) is 39.7 Å². The van der Waals surface area contributed by atoms with Crippen molar-refractivity contribution in [3.05, 3.63) is 57.2 Å². The molecule has 0 fully saturated rings. The molecule has 0 radical (unpaired) electrons. The zero-order valence-corrected chi connectivity index (χ0v) is 12.7. The Morgan fingerprint density at radius 3 is 2.48 bits per heavy atom. The number of anilines is 1.